The summed E-state index contributed by atoms with van der Waals surface area (Å²) in [6, 6.07) is 13.0. The molecule has 1 aromatic heterocycles. The number of sulfonamides is 1. The molecule has 4 aliphatic rings. The van der Waals surface area contributed by atoms with E-state index in [9.17, 15) is 13.2 Å². The minimum atomic E-state index is -3.57. The second-order valence-corrected chi connectivity index (χ2v) is 14.6. The van der Waals surface area contributed by atoms with Gasteiger partial charge in [-0.3, -0.25) is 4.79 Å². The van der Waals surface area contributed by atoms with E-state index in [0.29, 0.717) is 58.3 Å². The molecule has 2 bridgehead atoms. The molecule has 0 radical (unpaired) electrons. The Labute approximate surface area is 249 Å². The van der Waals surface area contributed by atoms with Gasteiger partial charge in [-0.15, -0.1) is 0 Å². The average Bonchev–Trinajstić information content (AvgIpc) is 3.89. The lowest BCUT2D eigenvalue weighted by molar-refractivity contribution is -0.0624. The molecule has 2 aromatic carbocycles. The second kappa shape index (κ2) is 10.3. The molecule has 2 heterocycles. The number of hydrogen-bond donors (Lipinski definition) is 1. The number of carbonyl (C=O) groups is 1. The zero-order chi connectivity index (χ0) is 28.4. The van der Waals surface area contributed by atoms with Gasteiger partial charge in [-0.25, -0.2) is 13.1 Å². The number of nitrogens with one attached hydrogen (secondary N) is 1. The number of amides is 1. The summed E-state index contributed by atoms with van der Waals surface area (Å²) in [5.74, 6) is 0.672. The number of nitrogens with zero attached hydrogens (tertiary/aromatic N) is 2. The summed E-state index contributed by atoms with van der Waals surface area (Å²) in [6.07, 6.45) is 7.12. The number of halogens is 2. The highest BCUT2D eigenvalue weighted by Crippen LogP contribution is 2.49. The number of rotatable bonds is 9. The lowest BCUT2D eigenvalue weighted by Crippen LogP contribution is -2.45. The SMILES string of the molecule is O=C(NS(=O)(=O)C1CC1)c1ccc(N2CCC3(OCc4c(-c5c(Cl)cccc5Cl)noc4C4CC4)CC[C@H]2C3)cc1. The Morgan fingerprint density at radius 1 is 1.05 bits per heavy atom. The first-order valence-corrected chi connectivity index (χ1v) is 16.5. The molecular weight excluding hydrogens is 585 g/mol. The van der Waals surface area contributed by atoms with Crippen molar-refractivity contribution in [3.63, 3.8) is 0 Å². The molecule has 2 atom stereocenters. The van der Waals surface area contributed by atoms with Gasteiger partial charge in [0.2, 0.25) is 10.0 Å². The summed E-state index contributed by atoms with van der Waals surface area (Å²) in [4.78, 5) is 14.9. The van der Waals surface area contributed by atoms with Crippen molar-refractivity contribution in [2.45, 2.75) is 80.8 Å². The number of carbonyl (C=O) groups excluding carboxylic acids is 1. The van der Waals surface area contributed by atoms with Gasteiger partial charge in [-0.1, -0.05) is 34.4 Å². The van der Waals surface area contributed by atoms with Crippen molar-refractivity contribution in [1.82, 2.24) is 9.88 Å². The summed E-state index contributed by atoms with van der Waals surface area (Å²) in [5, 5.41) is 5.04. The van der Waals surface area contributed by atoms with E-state index >= 15 is 0 Å². The predicted octanol–water partition coefficient (Wildman–Crippen LogP) is 6.47. The summed E-state index contributed by atoms with van der Waals surface area (Å²) in [5.41, 5.74) is 3.44. The van der Waals surface area contributed by atoms with E-state index in [1.54, 1.807) is 12.1 Å². The maximum Gasteiger partial charge on any atom is 0.264 e. The van der Waals surface area contributed by atoms with Crippen molar-refractivity contribution in [1.29, 1.82) is 0 Å². The van der Waals surface area contributed by atoms with E-state index in [0.717, 1.165) is 62.1 Å². The Balaban J connectivity index is 1.04. The van der Waals surface area contributed by atoms with Crippen LogP contribution in [0.3, 0.4) is 0 Å². The van der Waals surface area contributed by atoms with Gasteiger partial charge < -0.3 is 14.2 Å². The minimum absolute atomic E-state index is 0.224. The van der Waals surface area contributed by atoms with E-state index in [4.69, 9.17) is 32.5 Å². The summed E-state index contributed by atoms with van der Waals surface area (Å²) < 4.78 is 39.1. The Hall–Kier alpha value is -2.59. The van der Waals surface area contributed by atoms with Crippen LogP contribution in [0.15, 0.2) is 47.0 Å². The van der Waals surface area contributed by atoms with E-state index in [-0.39, 0.29) is 5.60 Å². The highest BCUT2D eigenvalue weighted by Gasteiger charge is 2.47. The lowest BCUT2D eigenvalue weighted by atomic mass is 9.92. The highest BCUT2D eigenvalue weighted by molar-refractivity contribution is 7.91. The van der Waals surface area contributed by atoms with Crippen LogP contribution in [-0.4, -0.2) is 42.9 Å². The number of benzene rings is 2. The number of fused-ring (bicyclic) bond motifs is 2. The van der Waals surface area contributed by atoms with Crippen molar-refractivity contribution in [3.05, 3.63) is 69.4 Å². The van der Waals surface area contributed by atoms with Gasteiger partial charge >= 0.3 is 0 Å². The van der Waals surface area contributed by atoms with Crippen LogP contribution in [0, 0.1) is 0 Å². The van der Waals surface area contributed by atoms with Crippen LogP contribution in [0.2, 0.25) is 10.0 Å². The predicted molar refractivity (Wildman–Crippen MR) is 157 cm³/mol. The number of ether oxygens (including phenoxy) is 1. The molecule has 3 saturated carbocycles. The molecule has 1 N–H and O–H groups in total. The largest absolute Gasteiger partial charge is 0.370 e. The fourth-order valence-electron chi connectivity index (χ4n) is 6.33. The monoisotopic (exact) mass is 615 g/mol. The quantitative estimate of drug-likeness (QED) is 0.294. The highest BCUT2D eigenvalue weighted by atomic mass is 35.5. The molecule has 11 heteroatoms. The van der Waals surface area contributed by atoms with Gasteiger partial charge in [0.05, 0.1) is 27.5 Å². The Kier molecular flexibility index (Phi) is 6.84. The van der Waals surface area contributed by atoms with Crippen molar-refractivity contribution in [2.24, 2.45) is 0 Å². The summed E-state index contributed by atoms with van der Waals surface area (Å²) >= 11 is 13.1. The molecule has 216 valence electrons. The van der Waals surface area contributed by atoms with E-state index in [2.05, 4.69) is 14.8 Å². The van der Waals surface area contributed by atoms with Crippen molar-refractivity contribution in [2.75, 3.05) is 11.4 Å². The van der Waals surface area contributed by atoms with Gasteiger partial charge in [0.15, 0.2) is 0 Å². The molecule has 41 heavy (non-hydrogen) atoms. The molecule has 0 spiro atoms. The molecule has 3 aliphatic carbocycles. The molecule has 1 aliphatic heterocycles. The van der Waals surface area contributed by atoms with Crippen LogP contribution < -0.4 is 9.62 Å². The van der Waals surface area contributed by atoms with Crippen LogP contribution in [-0.2, 0) is 21.4 Å². The van der Waals surface area contributed by atoms with Crippen LogP contribution in [0.5, 0.6) is 0 Å². The van der Waals surface area contributed by atoms with Crippen molar-refractivity contribution >= 4 is 44.8 Å². The number of hydrogen-bond acceptors (Lipinski definition) is 7. The first kappa shape index (κ1) is 27.3. The second-order valence-electron chi connectivity index (χ2n) is 11.8. The molecule has 1 saturated heterocycles. The first-order chi connectivity index (χ1) is 19.7. The standard InChI is InChI=1S/C30H31Cl2N3O5S/c31-24-2-1-3-25(32)26(24)27-23(28(40-33-27)18-4-5-18)17-39-30-13-12-21(16-30)35(15-14-30)20-8-6-19(7-9-20)29(36)34-41(37,38)22-10-11-22/h1-3,6-9,18,21-22H,4-5,10-17H2,(H,34,36)/t21-,30?/m0/s1. The molecule has 3 aromatic rings. The number of anilines is 1. The maximum absolute atomic E-state index is 12.5. The first-order valence-electron chi connectivity index (χ1n) is 14.2. The number of piperidine rings is 1. The zero-order valence-electron chi connectivity index (χ0n) is 22.4. The van der Waals surface area contributed by atoms with E-state index in [1.165, 1.54) is 0 Å². The molecular formula is C30H31Cl2N3O5S. The maximum atomic E-state index is 12.5. The number of aromatic nitrogens is 1. The van der Waals surface area contributed by atoms with Gasteiger partial charge in [0.1, 0.15) is 11.5 Å². The molecule has 1 amide bonds. The van der Waals surface area contributed by atoms with Crippen LogP contribution in [0.1, 0.15) is 79.0 Å². The van der Waals surface area contributed by atoms with Crippen LogP contribution in [0.4, 0.5) is 5.69 Å². The third-order valence-electron chi connectivity index (χ3n) is 8.94. The van der Waals surface area contributed by atoms with Gasteiger partial charge in [-0.2, -0.15) is 0 Å². The fourth-order valence-corrected chi connectivity index (χ4v) is 8.21. The topological polar surface area (TPSA) is 102 Å². The molecule has 7 rings (SSSR count). The lowest BCUT2D eigenvalue weighted by Gasteiger charge is -2.41. The fraction of sp³-hybridized carbons (Fsp3) is 0.467. The normalized spacial score (nSPS) is 24.0. The molecule has 1 unspecified atom stereocenters. The Morgan fingerprint density at radius 3 is 2.46 bits per heavy atom. The molecule has 4 fully saturated rings. The van der Waals surface area contributed by atoms with E-state index in [1.807, 2.05) is 30.3 Å². The zero-order valence-corrected chi connectivity index (χ0v) is 24.8. The van der Waals surface area contributed by atoms with Crippen LogP contribution in [0.25, 0.3) is 11.3 Å². The third-order valence-corrected chi connectivity index (χ3v) is 11.4. The Morgan fingerprint density at radius 2 is 1.78 bits per heavy atom. The van der Waals surface area contributed by atoms with Gasteiger partial charge in [-0.05, 0) is 87.8 Å². The Bertz CT molecular complexity index is 1580. The smallest absolute Gasteiger partial charge is 0.264 e. The third kappa shape index (κ3) is 5.26. The van der Waals surface area contributed by atoms with E-state index < -0.39 is 21.2 Å². The summed E-state index contributed by atoms with van der Waals surface area (Å²) in [6.45, 7) is 1.22. The minimum Gasteiger partial charge on any atom is -0.370 e. The average molecular weight is 617 g/mol. The van der Waals surface area contributed by atoms with Crippen molar-refractivity contribution < 1.29 is 22.5 Å². The van der Waals surface area contributed by atoms with Gasteiger partial charge in [0.25, 0.3) is 5.91 Å². The molecule has 8 nitrogen and oxygen atoms in total. The summed E-state index contributed by atoms with van der Waals surface area (Å²) in [7, 11) is -3.57. The van der Waals surface area contributed by atoms with Crippen LogP contribution >= 0.6 is 23.2 Å². The van der Waals surface area contributed by atoms with Gasteiger partial charge in [0, 0.05) is 40.9 Å². The van der Waals surface area contributed by atoms with Crippen molar-refractivity contribution in [3.8, 4) is 11.3 Å².